The predicted molar refractivity (Wildman–Crippen MR) is 71.5 cm³/mol. The fourth-order valence-corrected chi connectivity index (χ4v) is 3.44. The summed E-state index contributed by atoms with van der Waals surface area (Å²) in [5, 5.41) is 5.65. The van der Waals surface area contributed by atoms with Crippen molar-refractivity contribution in [2.75, 3.05) is 6.54 Å². The molecule has 5 nitrogen and oxygen atoms in total. The summed E-state index contributed by atoms with van der Waals surface area (Å²) in [6, 6.07) is -0.142. The zero-order valence-electron chi connectivity index (χ0n) is 11.0. The van der Waals surface area contributed by atoms with Gasteiger partial charge in [0, 0.05) is 11.6 Å². The Hall–Kier alpha value is -1.43. The topological polar surface area (TPSA) is 62.3 Å². The number of rotatable bonds is 3. The number of nitrogens with zero attached hydrogens (tertiary/aromatic N) is 2. The third kappa shape index (κ3) is 2.04. The van der Waals surface area contributed by atoms with Gasteiger partial charge in [-0.15, -0.1) is 11.3 Å². The molecule has 102 valence electrons. The van der Waals surface area contributed by atoms with Gasteiger partial charge in [0.1, 0.15) is 17.1 Å². The summed E-state index contributed by atoms with van der Waals surface area (Å²) in [7, 11) is 0. The van der Waals surface area contributed by atoms with Crippen LogP contribution in [0.4, 0.5) is 0 Å². The van der Waals surface area contributed by atoms with Gasteiger partial charge in [-0.3, -0.25) is 9.59 Å². The molecule has 0 spiro atoms. The van der Waals surface area contributed by atoms with E-state index in [0.29, 0.717) is 0 Å². The Morgan fingerprint density at radius 1 is 1.53 bits per heavy atom. The number of aromatic nitrogens is 1. The summed E-state index contributed by atoms with van der Waals surface area (Å²) in [4.78, 5) is 30.5. The van der Waals surface area contributed by atoms with Crippen LogP contribution < -0.4 is 5.32 Å². The normalized spacial score (nSPS) is 29.3. The summed E-state index contributed by atoms with van der Waals surface area (Å²) >= 11 is 1.52. The largest absolute Gasteiger partial charge is 0.340 e. The Morgan fingerprint density at radius 3 is 2.84 bits per heavy atom. The van der Waals surface area contributed by atoms with E-state index >= 15 is 0 Å². The van der Waals surface area contributed by atoms with Gasteiger partial charge in [-0.25, -0.2) is 4.98 Å². The van der Waals surface area contributed by atoms with Gasteiger partial charge < -0.3 is 10.2 Å². The van der Waals surface area contributed by atoms with Gasteiger partial charge in [-0.1, -0.05) is 0 Å². The van der Waals surface area contributed by atoms with Crippen LogP contribution in [0.15, 0.2) is 11.6 Å². The standard InChI is InChI=1S/C13H17N3O2S/c1-8(11-14-5-6-19-11)16-7-10(17)15-13(2,12(16)18)9-3-4-9/h5-6,8-9H,3-4,7H2,1-2H3,(H,15,17). The molecule has 6 heteroatoms. The van der Waals surface area contributed by atoms with E-state index in [1.165, 1.54) is 11.3 Å². The third-order valence-corrected chi connectivity index (χ3v) is 5.03. The molecule has 1 aromatic rings. The second-order valence-corrected chi connectivity index (χ2v) is 6.43. The van der Waals surface area contributed by atoms with Gasteiger partial charge in [0.05, 0.1) is 6.04 Å². The molecule has 19 heavy (non-hydrogen) atoms. The van der Waals surface area contributed by atoms with Crippen LogP contribution in [0.2, 0.25) is 0 Å². The lowest BCUT2D eigenvalue weighted by Gasteiger charge is -2.42. The van der Waals surface area contributed by atoms with E-state index in [-0.39, 0.29) is 30.3 Å². The predicted octanol–water partition coefficient (Wildman–Crippen LogP) is 1.33. The SMILES string of the molecule is CC(c1nccs1)N1CC(=O)NC(C)(C2CC2)C1=O. The van der Waals surface area contributed by atoms with Crippen LogP contribution in [-0.4, -0.2) is 33.8 Å². The van der Waals surface area contributed by atoms with E-state index in [1.54, 1.807) is 11.1 Å². The summed E-state index contributed by atoms with van der Waals surface area (Å²) in [5.74, 6) is 0.241. The van der Waals surface area contributed by atoms with E-state index in [2.05, 4.69) is 10.3 Å². The minimum atomic E-state index is -0.721. The monoisotopic (exact) mass is 279 g/mol. The molecule has 1 saturated heterocycles. The summed E-state index contributed by atoms with van der Waals surface area (Å²) in [5.41, 5.74) is -0.721. The van der Waals surface area contributed by atoms with Gasteiger partial charge in [0.25, 0.3) is 0 Å². The molecule has 0 aromatic carbocycles. The first-order chi connectivity index (χ1) is 9.02. The van der Waals surface area contributed by atoms with Gasteiger partial charge >= 0.3 is 0 Å². The lowest BCUT2D eigenvalue weighted by atomic mass is 9.91. The van der Waals surface area contributed by atoms with Crippen molar-refractivity contribution in [2.24, 2.45) is 5.92 Å². The number of amides is 2. The van der Waals surface area contributed by atoms with Crippen LogP contribution in [0.25, 0.3) is 0 Å². The van der Waals surface area contributed by atoms with E-state index < -0.39 is 5.54 Å². The molecular weight excluding hydrogens is 262 g/mol. The lowest BCUT2D eigenvalue weighted by molar-refractivity contribution is -0.152. The Kier molecular flexibility index (Phi) is 2.85. The average Bonchev–Trinajstić information content (AvgIpc) is 3.10. The van der Waals surface area contributed by atoms with Gasteiger partial charge in [-0.05, 0) is 32.6 Å². The fraction of sp³-hybridized carbons (Fsp3) is 0.615. The quantitative estimate of drug-likeness (QED) is 0.908. The van der Waals surface area contributed by atoms with Crippen LogP contribution in [-0.2, 0) is 9.59 Å². The van der Waals surface area contributed by atoms with Crippen molar-refractivity contribution in [3.8, 4) is 0 Å². The molecule has 1 aliphatic carbocycles. The van der Waals surface area contributed by atoms with Crippen LogP contribution in [0.1, 0.15) is 37.7 Å². The van der Waals surface area contributed by atoms with Crippen molar-refractivity contribution in [1.82, 2.24) is 15.2 Å². The Morgan fingerprint density at radius 2 is 2.26 bits per heavy atom. The van der Waals surface area contributed by atoms with Crippen LogP contribution in [0.5, 0.6) is 0 Å². The number of thiazole rings is 1. The average molecular weight is 279 g/mol. The molecule has 1 aromatic heterocycles. The van der Waals surface area contributed by atoms with E-state index in [9.17, 15) is 9.59 Å². The Balaban J connectivity index is 1.88. The van der Waals surface area contributed by atoms with Crippen LogP contribution in [0.3, 0.4) is 0 Å². The molecule has 2 fully saturated rings. The molecule has 2 heterocycles. The summed E-state index contributed by atoms with van der Waals surface area (Å²) in [6.45, 7) is 3.91. The highest BCUT2D eigenvalue weighted by Gasteiger charge is 2.53. The molecular formula is C13H17N3O2S. The van der Waals surface area contributed by atoms with Crippen molar-refractivity contribution in [1.29, 1.82) is 0 Å². The van der Waals surface area contributed by atoms with E-state index in [1.807, 2.05) is 19.2 Å². The molecule has 2 aliphatic rings. The fourth-order valence-electron chi connectivity index (χ4n) is 2.73. The van der Waals surface area contributed by atoms with Crippen molar-refractivity contribution in [2.45, 2.75) is 38.3 Å². The second-order valence-electron chi connectivity index (χ2n) is 5.50. The van der Waals surface area contributed by atoms with Crippen molar-refractivity contribution >= 4 is 23.2 Å². The first-order valence-corrected chi connectivity index (χ1v) is 7.42. The highest BCUT2D eigenvalue weighted by molar-refractivity contribution is 7.09. The minimum Gasteiger partial charge on any atom is -0.340 e. The minimum absolute atomic E-state index is 0.0253. The molecule has 1 saturated carbocycles. The molecule has 0 bridgehead atoms. The van der Waals surface area contributed by atoms with Crippen LogP contribution in [0, 0.1) is 5.92 Å². The zero-order valence-corrected chi connectivity index (χ0v) is 11.9. The Bertz CT molecular complexity index is 512. The maximum absolute atomic E-state index is 12.7. The van der Waals surface area contributed by atoms with Gasteiger partial charge in [0.15, 0.2) is 0 Å². The zero-order chi connectivity index (χ0) is 13.6. The maximum atomic E-state index is 12.7. The molecule has 0 radical (unpaired) electrons. The summed E-state index contributed by atoms with van der Waals surface area (Å²) < 4.78 is 0. The van der Waals surface area contributed by atoms with Crippen molar-refractivity contribution < 1.29 is 9.59 Å². The number of carbonyl (C=O) groups excluding carboxylic acids is 2. The first-order valence-electron chi connectivity index (χ1n) is 6.54. The van der Waals surface area contributed by atoms with Crippen molar-refractivity contribution in [3.05, 3.63) is 16.6 Å². The molecule has 2 unspecified atom stereocenters. The molecule has 1 aliphatic heterocycles. The van der Waals surface area contributed by atoms with Crippen molar-refractivity contribution in [3.63, 3.8) is 0 Å². The number of piperazine rings is 1. The molecule has 2 atom stereocenters. The highest BCUT2D eigenvalue weighted by atomic mass is 32.1. The van der Waals surface area contributed by atoms with Crippen LogP contribution >= 0.6 is 11.3 Å². The summed E-state index contributed by atoms with van der Waals surface area (Å²) in [6.07, 6.45) is 3.76. The molecule has 1 N–H and O–H groups in total. The number of hydrogen-bond donors (Lipinski definition) is 1. The Labute approximate surface area is 116 Å². The number of hydrogen-bond acceptors (Lipinski definition) is 4. The molecule has 3 rings (SSSR count). The third-order valence-electron chi connectivity index (χ3n) is 4.09. The lowest BCUT2D eigenvalue weighted by Crippen LogP contribution is -2.66. The highest BCUT2D eigenvalue weighted by Crippen LogP contribution is 2.42. The van der Waals surface area contributed by atoms with Gasteiger partial charge in [-0.2, -0.15) is 0 Å². The first kappa shape index (κ1) is 12.6. The van der Waals surface area contributed by atoms with Gasteiger partial charge in [0.2, 0.25) is 11.8 Å². The molecule has 2 amide bonds. The second kappa shape index (κ2) is 4.30. The van der Waals surface area contributed by atoms with E-state index in [0.717, 1.165) is 17.8 Å². The smallest absolute Gasteiger partial charge is 0.249 e. The number of carbonyl (C=O) groups is 2. The van der Waals surface area contributed by atoms with E-state index in [4.69, 9.17) is 0 Å². The maximum Gasteiger partial charge on any atom is 0.249 e. The number of nitrogens with one attached hydrogen (secondary N) is 1.